The molecular formula is C26H29N7O2. The Hall–Kier alpha value is -3.77. The van der Waals surface area contributed by atoms with Gasteiger partial charge < -0.3 is 15.0 Å². The first-order chi connectivity index (χ1) is 17.2. The molecule has 1 amide bonds. The van der Waals surface area contributed by atoms with Crippen LogP contribution in [0.3, 0.4) is 0 Å². The van der Waals surface area contributed by atoms with Gasteiger partial charge in [-0.1, -0.05) is 18.9 Å². The van der Waals surface area contributed by atoms with Crippen LogP contribution in [0, 0.1) is 17.2 Å². The van der Waals surface area contributed by atoms with Gasteiger partial charge in [-0.2, -0.15) is 10.4 Å². The lowest BCUT2D eigenvalue weighted by atomic mass is 9.96. The zero-order valence-electron chi connectivity index (χ0n) is 19.6. The highest BCUT2D eigenvalue weighted by Gasteiger charge is 2.27. The fourth-order valence-corrected chi connectivity index (χ4v) is 4.95. The third kappa shape index (κ3) is 5.33. The number of aromatic nitrogens is 4. The number of hydrogen-bond acceptors (Lipinski definition) is 7. The summed E-state index contributed by atoms with van der Waals surface area (Å²) in [5.74, 6) is 0.932. The Labute approximate surface area is 204 Å². The van der Waals surface area contributed by atoms with Gasteiger partial charge in [0.2, 0.25) is 5.95 Å². The molecule has 1 aromatic carbocycles. The molecule has 1 unspecified atom stereocenters. The van der Waals surface area contributed by atoms with Crippen molar-refractivity contribution in [2.75, 3.05) is 31.6 Å². The van der Waals surface area contributed by atoms with Crippen molar-refractivity contribution in [3.8, 4) is 17.3 Å². The van der Waals surface area contributed by atoms with Gasteiger partial charge in [-0.25, -0.2) is 9.97 Å². The average molecular weight is 472 g/mol. The molecule has 2 aliphatic rings. The van der Waals surface area contributed by atoms with E-state index in [0.717, 1.165) is 29.8 Å². The van der Waals surface area contributed by atoms with Crippen molar-refractivity contribution in [3.63, 3.8) is 0 Å². The van der Waals surface area contributed by atoms with E-state index in [-0.39, 0.29) is 11.9 Å². The molecule has 3 aromatic rings. The molecule has 9 heteroatoms. The Morgan fingerprint density at radius 3 is 2.86 bits per heavy atom. The van der Waals surface area contributed by atoms with Crippen LogP contribution in [0.4, 0.5) is 11.6 Å². The van der Waals surface area contributed by atoms with Crippen LogP contribution >= 0.6 is 0 Å². The van der Waals surface area contributed by atoms with Crippen LogP contribution in [-0.4, -0.2) is 56.9 Å². The molecule has 5 rings (SSSR count). The van der Waals surface area contributed by atoms with Crippen LogP contribution in [0.2, 0.25) is 0 Å². The molecule has 0 spiro atoms. The fourth-order valence-electron chi connectivity index (χ4n) is 4.95. The van der Waals surface area contributed by atoms with Crippen molar-refractivity contribution >= 4 is 17.5 Å². The lowest BCUT2D eigenvalue weighted by molar-refractivity contribution is 0.0303. The molecule has 9 nitrogen and oxygen atoms in total. The molecule has 1 saturated carbocycles. The van der Waals surface area contributed by atoms with Crippen LogP contribution in [0.15, 0.2) is 48.9 Å². The molecule has 1 saturated heterocycles. The summed E-state index contributed by atoms with van der Waals surface area (Å²) in [4.78, 5) is 23.7. The van der Waals surface area contributed by atoms with E-state index in [4.69, 9.17) is 4.74 Å². The van der Waals surface area contributed by atoms with Crippen molar-refractivity contribution in [1.82, 2.24) is 24.6 Å². The number of carbonyl (C=O) groups excluding carboxylic acids is 1. The number of morpholine rings is 1. The highest BCUT2D eigenvalue weighted by atomic mass is 16.5. The first-order valence-electron chi connectivity index (χ1n) is 12.2. The minimum Gasteiger partial charge on any atom is -0.378 e. The second kappa shape index (κ2) is 10.7. The molecule has 2 aromatic heterocycles. The Morgan fingerprint density at radius 1 is 1.23 bits per heavy atom. The monoisotopic (exact) mass is 471 g/mol. The maximum atomic E-state index is 12.8. The SMILES string of the molecule is N#CCC(C1CCCC1)n1cc(-c2ccnc(Nc3cccc(C(=O)N4CCOCC4)c3)n2)cn1. The van der Waals surface area contributed by atoms with Gasteiger partial charge in [0.25, 0.3) is 5.91 Å². The van der Waals surface area contributed by atoms with Crippen LogP contribution in [-0.2, 0) is 4.74 Å². The number of nitrogens with zero attached hydrogens (tertiary/aromatic N) is 6. The van der Waals surface area contributed by atoms with Gasteiger partial charge in [-0.15, -0.1) is 0 Å². The second-order valence-corrected chi connectivity index (χ2v) is 9.06. The number of rotatable bonds is 7. The maximum Gasteiger partial charge on any atom is 0.254 e. The van der Waals surface area contributed by atoms with E-state index in [2.05, 4.69) is 26.5 Å². The third-order valence-corrected chi connectivity index (χ3v) is 6.80. The third-order valence-electron chi connectivity index (χ3n) is 6.80. The number of nitriles is 1. The highest BCUT2D eigenvalue weighted by molar-refractivity contribution is 5.95. The molecule has 1 aliphatic carbocycles. The summed E-state index contributed by atoms with van der Waals surface area (Å²) in [5, 5.41) is 17.1. The van der Waals surface area contributed by atoms with Crippen molar-refractivity contribution in [2.45, 2.75) is 38.1 Å². The number of carbonyl (C=O) groups is 1. The van der Waals surface area contributed by atoms with Gasteiger partial charge in [0.05, 0.1) is 43.6 Å². The van der Waals surface area contributed by atoms with E-state index < -0.39 is 0 Å². The van der Waals surface area contributed by atoms with E-state index in [1.807, 2.05) is 46.1 Å². The number of benzene rings is 1. The Balaban J connectivity index is 1.31. The van der Waals surface area contributed by atoms with Crippen molar-refractivity contribution in [1.29, 1.82) is 5.26 Å². The molecule has 180 valence electrons. The van der Waals surface area contributed by atoms with E-state index in [9.17, 15) is 10.1 Å². The standard InChI is InChI=1S/C26H29N7O2/c27-10-8-24(19-4-1-2-5-19)33-18-21(17-29-33)23-9-11-28-26(31-23)30-22-7-3-6-20(16-22)25(34)32-12-14-35-15-13-32/h3,6-7,9,11,16-19,24H,1-2,4-5,8,12-15H2,(H,28,30,31). The summed E-state index contributed by atoms with van der Waals surface area (Å²) in [7, 11) is 0. The van der Waals surface area contributed by atoms with Crippen molar-refractivity contribution in [2.24, 2.45) is 5.92 Å². The minimum absolute atomic E-state index is 0.00628. The van der Waals surface area contributed by atoms with Gasteiger partial charge in [0, 0.05) is 42.3 Å². The Kier molecular flexibility index (Phi) is 7.00. The second-order valence-electron chi connectivity index (χ2n) is 9.06. The zero-order chi connectivity index (χ0) is 24.0. The van der Waals surface area contributed by atoms with Gasteiger partial charge in [-0.05, 0) is 43.0 Å². The number of hydrogen-bond donors (Lipinski definition) is 1. The van der Waals surface area contributed by atoms with Crippen LogP contribution in [0.1, 0.15) is 48.5 Å². The predicted molar refractivity (Wildman–Crippen MR) is 131 cm³/mol. The van der Waals surface area contributed by atoms with Crippen molar-refractivity contribution in [3.05, 3.63) is 54.5 Å². The number of nitrogens with one attached hydrogen (secondary N) is 1. The molecule has 1 aliphatic heterocycles. The fraction of sp³-hybridized carbons (Fsp3) is 0.423. The van der Waals surface area contributed by atoms with Crippen LogP contribution < -0.4 is 5.32 Å². The van der Waals surface area contributed by atoms with Crippen molar-refractivity contribution < 1.29 is 9.53 Å². The normalized spacial score (nSPS) is 17.2. The van der Waals surface area contributed by atoms with E-state index in [1.165, 1.54) is 12.8 Å². The topological polar surface area (TPSA) is 109 Å². The Morgan fingerprint density at radius 2 is 2.06 bits per heavy atom. The van der Waals surface area contributed by atoms with Crippen LogP contribution in [0.5, 0.6) is 0 Å². The average Bonchev–Trinajstić information content (AvgIpc) is 3.61. The van der Waals surface area contributed by atoms with Gasteiger partial charge in [0.15, 0.2) is 0 Å². The molecule has 35 heavy (non-hydrogen) atoms. The van der Waals surface area contributed by atoms with E-state index >= 15 is 0 Å². The van der Waals surface area contributed by atoms with Crippen LogP contribution in [0.25, 0.3) is 11.3 Å². The Bertz CT molecular complexity index is 1210. The summed E-state index contributed by atoms with van der Waals surface area (Å²) >= 11 is 0. The predicted octanol–water partition coefficient (Wildman–Crippen LogP) is 4.20. The van der Waals surface area contributed by atoms with Gasteiger partial charge in [0.1, 0.15) is 0 Å². The summed E-state index contributed by atoms with van der Waals surface area (Å²) in [6, 6.07) is 11.7. The molecular weight excluding hydrogens is 442 g/mol. The number of anilines is 2. The first-order valence-corrected chi connectivity index (χ1v) is 12.2. The lowest BCUT2D eigenvalue weighted by Gasteiger charge is -2.27. The van der Waals surface area contributed by atoms with E-state index in [1.54, 1.807) is 12.4 Å². The molecule has 1 N–H and O–H groups in total. The summed E-state index contributed by atoms with van der Waals surface area (Å²) in [6.07, 6.45) is 10.7. The number of ether oxygens (including phenoxy) is 1. The quantitative estimate of drug-likeness (QED) is 0.550. The largest absolute Gasteiger partial charge is 0.378 e. The molecule has 1 atom stereocenters. The molecule has 2 fully saturated rings. The minimum atomic E-state index is -0.00628. The smallest absolute Gasteiger partial charge is 0.254 e. The van der Waals surface area contributed by atoms with Gasteiger partial charge >= 0.3 is 0 Å². The lowest BCUT2D eigenvalue weighted by Crippen LogP contribution is -2.40. The van der Waals surface area contributed by atoms with E-state index in [0.29, 0.717) is 50.2 Å². The summed E-state index contributed by atoms with van der Waals surface area (Å²) < 4.78 is 7.28. The first kappa shape index (κ1) is 23.0. The molecule has 0 radical (unpaired) electrons. The molecule has 0 bridgehead atoms. The zero-order valence-corrected chi connectivity index (χ0v) is 19.6. The molecule has 3 heterocycles. The summed E-state index contributed by atoms with van der Waals surface area (Å²) in [5.41, 5.74) is 2.99. The van der Waals surface area contributed by atoms with Gasteiger partial charge in [-0.3, -0.25) is 9.48 Å². The maximum absolute atomic E-state index is 12.8. The highest BCUT2D eigenvalue weighted by Crippen LogP contribution is 2.36. The number of amides is 1. The summed E-state index contributed by atoms with van der Waals surface area (Å²) in [6.45, 7) is 2.34.